The van der Waals surface area contributed by atoms with Gasteiger partial charge in [0, 0.05) is 18.8 Å². The molecule has 1 rings (SSSR count). The molecule has 1 saturated carbocycles. The maximum absolute atomic E-state index is 12.1. The van der Waals surface area contributed by atoms with E-state index in [1.165, 1.54) is 7.11 Å². The van der Waals surface area contributed by atoms with Crippen LogP contribution in [0.3, 0.4) is 0 Å². The highest BCUT2D eigenvalue weighted by molar-refractivity contribution is 5.84. The summed E-state index contributed by atoms with van der Waals surface area (Å²) in [6.07, 6.45) is 7.34. The summed E-state index contributed by atoms with van der Waals surface area (Å²) in [5.41, 5.74) is 0. The second-order valence-electron chi connectivity index (χ2n) is 7.06. The lowest BCUT2D eigenvalue weighted by atomic mass is 9.85. The molecule has 2 N–H and O–H groups in total. The monoisotopic (exact) mass is 342 g/mol. The van der Waals surface area contributed by atoms with Crippen LogP contribution >= 0.6 is 0 Å². The number of aliphatic hydroxyl groups is 2. The van der Waals surface area contributed by atoms with E-state index < -0.39 is 6.10 Å². The second kappa shape index (κ2) is 11.6. The van der Waals surface area contributed by atoms with Gasteiger partial charge in [0.05, 0.1) is 19.3 Å². The second-order valence-corrected chi connectivity index (χ2v) is 7.06. The molecule has 0 aromatic carbocycles. The highest BCUT2D eigenvalue weighted by Crippen LogP contribution is 2.36. The van der Waals surface area contributed by atoms with Crippen LogP contribution in [0.5, 0.6) is 0 Å². The third-order valence-corrected chi connectivity index (χ3v) is 5.18. The molecule has 0 aliphatic heterocycles. The van der Waals surface area contributed by atoms with E-state index in [4.69, 9.17) is 0 Å². The zero-order valence-electron chi connectivity index (χ0n) is 15.2. The lowest BCUT2D eigenvalue weighted by molar-refractivity contribution is -0.140. The van der Waals surface area contributed by atoms with Gasteiger partial charge in [0.1, 0.15) is 5.78 Å². The van der Waals surface area contributed by atoms with Gasteiger partial charge in [0.2, 0.25) is 0 Å². The van der Waals surface area contributed by atoms with Gasteiger partial charge >= 0.3 is 5.97 Å². The quantitative estimate of drug-likeness (QED) is 0.421. The number of ketones is 1. The number of esters is 1. The predicted molar refractivity (Wildman–Crippen MR) is 92.5 cm³/mol. The minimum atomic E-state index is -0.578. The summed E-state index contributed by atoms with van der Waals surface area (Å²) in [4.78, 5) is 23.2. The Morgan fingerprint density at radius 3 is 2.62 bits per heavy atom. The van der Waals surface area contributed by atoms with Crippen molar-refractivity contribution in [3.05, 3.63) is 0 Å². The van der Waals surface area contributed by atoms with Gasteiger partial charge in [-0.2, -0.15) is 0 Å². The summed E-state index contributed by atoms with van der Waals surface area (Å²) in [6, 6.07) is 0. The van der Waals surface area contributed by atoms with E-state index in [-0.39, 0.29) is 36.1 Å². The number of carbonyl (C=O) groups is 2. The van der Waals surface area contributed by atoms with Crippen molar-refractivity contribution in [3.63, 3.8) is 0 Å². The molecule has 1 fully saturated rings. The average molecular weight is 342 g/mol. The number of unbranched alkanes of at least 4 members (excludes halogenated alkanes) is 3. The van der Waals surface area contributed by atoms with Gasteiger partial charge in [-0.05, 0) is 38.0 Å². The SMILES string of the molecule is CCCCCC(O)CC[C@H]1[C@H](O)CC(=O)[C@H]1CCCCC(=O)OC. The fourth-order valence-corrected chi connectivity index (χ4v) is 3.68. The minimum Gasteiger partial charge on any atom is -0.469 e. The summed E-state index contributed by atoms with van der Waals surface area (Å²) in [5.74, 6) is -0.262. The number of carbonyl (C=O) groups excluding carboxylic acids is 2. The summed E-state index contributed by atoms with van der Waals surface area (Å²) in [7, 11) is 1.38. The molecule has 0 aromatic heterocycles. The molecule has 0 saturated heterocycles. The third kappa shape index (κ3) is 7.31. The molecule has 0 bridgehead atoms. The first-order chi connectivity index (χ1) is 11.5. The molecule has 1 unspecified atom stereocenters. The largest absolute Gasteiger partial charge is 0.469 e. The molecular weight excluding hydrogens is 308 g/mol. The average Bonchev–Trinajstić information content (AvgIpc) is 2.82. The van der Waals surface area contributed by atoms with E-state index in [0.29, 0.717) is 32.1 Å². The number of hydrogen-bond acceptors (Lipinski definition) is 5. The van der Waals surface area contributed by atoms with Crippen molar-refractivity contribution in [2.75, 3.05) is 7.11 Å². The summed E-state index contributed by atoms with van der Waals surface area (Å²) in [6.45, 7) is 2.14. The van der Waals surface area contributed by atoms with Gasteiger partial charge in [-0.3, -0.25) is 9.59 Å². The van der Waals surface area contributed by atoms with E-state index in [1.54, 1.807) is 0 Å². The highest BCUT2D eigenvalue weighted by atomic mass is 16.5. The Morgan fingerprint density at radius 2 is 1.96 bits per heavy atom. The Kier molecular flexibility index (Phi) is 10.2. The van der Waals surface area contributed by atoms with Gasteiger partial charge in [-0.25, -0.2) is 0 Å². The van der Waals surface area contributed by atoms with Crippen LogP contribution < -0.4 is 0 Å². The third-order valence-electron chi connectivity index (χ3n) is 5.18. The molecule has 5 heteroatoms. The molecule has 1 aliphatic carbocycles. The lowest BCUT2D eigenvalue weighted by Gasteiger charge is -2.22. The van der Waals surface area contributed by atoms with E-state index in [0.717, 1.165) is 32.1 Å². The van der Waals surface area contributed by atoms with Crippen molar-refractivity contribution in [2.45, 2.75) is 89.8 Å². The molecule has 1 aliphatic rings. The normalized spacial score (nSPS) is 25.0. The van der Waals surface area contributed by atoms with Crippen LogP contribution in [-0.2, 0) is 14.3 Å². The van der Waals surface area contributed by atoms with Crippen molar-refractivity contribution in [2.24, 2.45) is 11.8 Å². The first-order valence-electron chi connectivity index (χ1n) is 9.45. The molecule has 0 amide bonds. The van der Waals surface area contributed by atoms with Gasteiger partial charge < -0.3 is 14.9 Å². The first kappa shape index (κ1) is 21.1. The van der Waals surface area contributed by atoms with Crippen LogP contribution in [-0.4, -0.2) is 41.3 Å². The zero-order valence-corrected chi connectivity index (χ0v) is 15.2. The summed E-state index contributed by atoms with van der Waals surface area (Å²) >= 11 is 0. The zero-order chi connectivity index (χ0) is 17.9. The van der Waals surface area contributed by atoms with Crippen LogP contribution in [0, 0.1) is 11.8 Å². The van der Waals surface area contributed by atoms with Crippen LogP contribution in [0.25, 0.3) is 0 Å². The van der Waals surface area contributed by atoms with Crippen molar-refractivity contribution >= 4 is 11.8 Å². The molecule has 5 nitrogen and oxygen atoms in total. The van der Waals surface area contributed by atoms with Gasteiger partial charge in [0.15, 0.2) is 0 Å². The number of rotatable bonds is 12. The standard InChI is InChI=1S/C19H34O5/c1-3-4-5-8-14(20)11-12-16-15(17(21)13-18(16)22)9-6-7-10-19(23)24-2/h14-16,18,20,22H,3-13H2,1-2H3/t14?,15-,16+,18+/m0/s1. The molecule has 0 spiro atoms. The fraction of sp³-hybridized carbons (Fsp3) is 0.895. The molecule has 24 heavy (non-hydrogen) atoms. The number of hydrogen-bond donors (Lipinski definition) is 2. The van der Waals surface area contributed by atoms with Crippen molar-refractivity contribution < 1.29 is 24.5 Å². The van der Waals surface area contributed by atoms with Gasteiger partial charge in [0.25, 0.3) is 0 Å². The number of Topliss-reactive ketones (excluding diaryl/α,β-unsaturated/α-hetero) is 1. The Hall–Kier alpha value is -0.940. The summed E-state index contributed by atoms with van der Waals surface area (Å²) in [5, 5.41) is 20.2. The Morgan fingerprint density at radius 1 is 1.21 bits per heavy atom. The van der Waals surface area contributed by atoms with E-state index in [9.17, 15) is 19.8 Å². The smallest absolute Gasteiger partial charge is 0.305 e. The summed E-state index contributed by atoms with van der Waals surface area (Å²) < 4.78 is 4.61. The topological polar surface area (TPSA) is 83.8 Å². The van der Waals surface area contributed by atoms with Crippen molar-refractivity contribution in [1.29, 1.82) is 0 Å². The van der Waals surface area contributed by atoms with E-state index in [1.807, 2.05) is 0 Å². The van der Waals surface area contributed by atoms with Crippen molar-refractivity contribution in [3.8, 4) is 0 Å². The molecular formula is C19H34O5. The number of ether oxygens (including phenoxy) is 1. The molecule has 140 valence electrons. The first-order valence-corrected chi connectivity index (χ1v) is 9.45. The molecule has 0 radical (unpaired) electrons. The van der Waals surface area contributed by atoms with Gasteiger partial charge in [-0.1, -0.05) is 32.6 Å². The van der Waals surface area contributed by atoms with E-state index >= 15 is 0 Å². The van der Waals surface area contributed by atoms with Crippen molar-refractivity contribution in [1.82, 2.24) is 0 Å². The maximum atomic E-state index is 12.1. The Labute approximate surface area is 145 Å². The van der Waals surface area contributed by atoms with Crippen LogP contribution in [0.1, 0.15) is 77.6 Å². The highest BCUT2D eigenvalue weighted by Gasteiger charge is 2.40. The number of methoxy groups -OCH3 is 1. The fourth-order valence-electron chi connectivity index (χ4n) is 3.68. The molecule has 0 aromatic rings. The lowest BCUT2D eigenvalue weighted by Crippen LogP contribution is -2.22. The minimum absolute atomic E-state index is 0.0450. The van der Waals surface area contributed by atoms with Crippen LogP contribution in [0.2, 0.25) is 0 Å². The Bertz CT molecular complexity index is 382. The predicted octanol–water partition coefficient (Wildman–Crippen LogP) is 3.01. The van der Waals surface area contributed by atoms with Gasteiger partial charge in [-0.15, -0.1) is 0 Å². The molecule has 4 atom stereocenters. The van der Waals surface area contributed by atoms with Crippen LogP contribution in [0.4, 0.5) is 0 Å². The Balaban J connectivity index is 2.36. The molecule has 0 heterocycles. The number of aliphatic hydroxyl groups excluding tert-OH is 2. The maximum Gasteiger partial charge on any atom is 0.305 e. The van der Waals surface area contributed by atoms with Crippen LogP contribution in [0.15, 0.2) is 0 Å². The van der Waals surface area contributed by atoms with E-state index in [2.05, 4.69) is 11.7 Å².